The van der Waals surface area contributed by atoms with Gasteiger partial charge in [0.25, 0.3) is 5.56 Å². The fourth-order valence-electron chi connectivity index (χ4n) is 4.35. The molecule has 0 bridgehead atoms. The number of pyridine rings is 1. The zero-order chi connectivity index (χ0) is 19.3. The highest BCUT2D eigenvalue weighted by molar-refractivity contribution is 6.03. The molecule has 0 N–H and O–H groups in total. The van der Waals surface area contributed by atoms with Crippen molar-refractivity contribution in [3.8, 4) is 0 Å². The Hall–Kier alpha value is -2.95. The minimum Gasteiger partial charge on any atom is -0.430 e. The smallest absolute Gasteiger partial charge is 0.297 e. The van der Waals surface area contributed by atoms with Crippen LogP contribution in [-0.4, -0.2) is 14.5 Å². The van der Waals surface area contributed by atoms with E-state index in [2.05, 4.69) is 18.8 Å². The third kappa shape index (κ3) is 2.65. The van der Waals surface area contributed by atoms with E-state index in [1.807, 2.05) is 30.3 Å². The maximum absolute atomic E-state index is 13.1. The van der Waals surface area contributed by atoms with Gasteiger partial charge in [0.05, 0.1) is 24.0 Å². The second kappa shape index (κ2) is 6.59. The van der Waals surface area contributed by atoms with Crippen LogP contribution in [0.3, 0.4) is 0 Å². The summed E-state index contributed by atoms with van der Waals surface area (Å²) in [6.45, 7) is 4.80. The van der Waals surface area contributed by atoms with Crippen LogP contribution < -0.4 is 5.56 Å². The molecule has 1 aromatic carbocycles. The molecule has 0 saturated carbocycles. The van der Waals surface area contributed by atoms with Gasteiger partial charge in [0.15, 0.2) is 0 Å². The predicted molar refractivity (Wildman–Crippen MR) is 110 cm³/mol. The fraction of sp³-hybridized carbons (Fsp3) is 0.348. The molecular formula is C23H23N3O2. The molecule has 0 aliphatic heterocycles. The molecule has 0 unspecified atom stereocenters. The first kappa shape index (κ1) is 17.2. The Kier molecular flexibility index (Phi) is 4.04. The summed E-state index contributed by atoms with van der Waals surface area (Å²) in [5.74, 6) is 0.326. The summed E-state index contributed by atoms with van der Waals surface area (Å²) in [5.41, 5.74) is 6.16. The first-order valence-corrected chi connectivity index (χ1v) is 10.0. The summed E-state index contributed by atoms with van der Waals surface area (Å²) in [5, 5.41) is 0.943. The lowest BCUT2D eigenvalue weighted by atomic mass is 9.86. The number of rotatable bonds is 3. The quantitative estimate of drug-likeness (QED) is 0.527. The first-order chi connectivity index (χ1) is 13.6. The molecule has 1 aliphatic rings. The van der Waals surface area contributed by atoms with E-state index < -0.39 is 0 Å². The molecule has 5 heteroatoms. The third-order valence-corrected chi connectivity index (χ3v) is 5.69. The van der Waals surface area contributed by atoms with Crippen molar-refractivity contribution in [1.29, 1.82) is 0 Å². The minimum atomic E-state index is -0.150. The second-order valence-corrected chi connectivity index (χ2v) is 7.94. The largest absolute Gasteiger partial charge is 0.430 e. The molecular weight excluding hydrogens is 350 g/mol. The van der Waals surface area contributed by atoms with E-state index in [4.69, 9.17) is 9.40 Å². The van der Waals surface area contributed by atoms with Crippen LogP contribution in [0.1, 0.15) is 55.0 Å². The van der Waals surface area contributed by atoms with E-state index in [-0.39, 0.29) is 5.56 Å². The van der Waals surface area contributed by atoms with Gasteiger partial charge in [0.1, 0.15) is 5.52 Å². The number of fused-ring (bicyclic) bond motifs is 5. The Morgan fingerprint density at radius 1 is 1.11 bits per heavy atom. The Morgan fingerprint density at radius 2 is 1.86 bits per heavy atom. The van der Waals surface area contributed by atoms with E-state index in [0.29, 0.717) is 29.3 Å². The second-order valence-electron chi connectivity index (χ2n) is 7.94. The van der Waals surface area contributed by atoms with Gasteiger partial charge in [-0.2, -0.15) is 0 Å². The van der Waals surface area contributed by atoms with Crippen LogP contribution in [0.25, 0.3) is 22.2 Å². The summed E-state index contributed by atoms with van der Waals surface area (Å²) in [7, 11) is 0. The molecule has 142 valence electrons. The lowest BCUT2D eigenvalue weighted by Crippen LogP contribution is -2.20. The highest BCUT2D eigenvalue weighted by Gasteiger charge is 2.25. The van der Waals surface area contributed by atoms with E-state index in [9.17, 15) is 4.79 Å². The number of aromatic nitrogens is 3. The minimum absolute atomic E-state index is 0.150. The summed E-state index contributed by atoms with van der Waals surface area (Å²) in [6, 6.07) is 9.91. The Morgan fingerprint density at radius 3 is 2.61 bits per heavy atom. The molecule has 28 heavy (non-hydrogen) atoms. The molecule has 0 atom stereocenters. The van der Waals surface area contributed by atoms with Crippen molar-refractivity contribution in [2.45, 2.75) is 52.0 Å². The van der Waals surface area contributed by atoms with Gasteiger partial charge in [-0.3, -0.25) is 9.36 Å². The van der Waals surface area contributed by atoms with Gasteiger partial charge >= 0.3 is 0 Å². The third-order valence-electron chi connectivity index (χ3n) is 5.69. The van der Waals surface area contributed by atoms with Crippen LogP contribution >= 0.6 is 0 Å². The number of furan rings is 1. The highest BCUT2D eigenvalue weighted by atomic mass is 16.3. The molecule has 0 radical (unpaired) electrons. The molecule has 0 fully saturated rings. The van der Waals surface area contributed by atoms with Crippen LogP contribution in [0, 0.1) is 0 Å². The van der Waals surface area contributed by atoms with Crippen LogP contribution in [-0.2, 0) is 19.4 Å². The van der Waals surface area contributed by atoms with E-state index in [1.165, 1.54) is 17.5 Å². The summed E-state index contributed by atoms with van der Waals surface area (Å²) < 4.78 is 7.62. The molecule has 0 amide bonds. The molecule has 0 spiro atoms. The average molecular weight is 373 g/mol. The lowest BCUT2D eigenvalue weighted by molar-refractivity contribution is 0.618. The summed E-state index contributed by atoms with van der Waals surface area (Å²) >= 11 is 0. The molecule has 4 aromatic rings. The van der Waals surface area contributed by atoms with E-state index in [1.54, 1.807) is 10.9 Å². The summed E-state index contributed by atoms with van der Waals surface area (Å²) in [6.07, 6.45) is 6.02. The number of aryl methyl sites for hydroxylation is 1. The maximum atomic E-state index is 13.1. The van der Waals surface area contributed by atoms with Crippen molar-refractivity contribution in [1.82, 2.24) is 14.5 Å². The Balaban J connectivity index is 1.74. The molecule has 0 saturated heterocycles. The lowest BCUT2D eigenvalue weighted by Gasteiger charge is -2.21. The van der Waals surface area contributed by atoms with Crippen LogP contribution in [0.15, 0.2) is 45.9 Å². The van der Waals surface area contributed by atoms with Gasteiger partial charge in [-0.1, -0.05) is 44.2 Å². The Bertz CT molecular complexity index is 1240. The van der Waals surface area contributed by atoms with Gasteiger partial charge in [-0.05, 0) is 48.3 Å². The van der Waals surface area contributed by atoms with Gasteiger partial charge in [-0.15, -0.1) is 0 Å². The number of benzene rings is 1. The first-order valence-electron chi connectivity index (χ1n) is 10.0. The van der Waals surface area contributed by atoms with Crippen LogP contribution in [0.4, 0.5) is 0 Å². The van der Waals surface area contributed by atoms with Crippen LogP contribution in [0.5, 0.6) is 0 Å². The van der Waals surface area contributed by atoms with Gasteiger partial charge < -0.3 is 4.42 Å². The number of hydrogen-bond donors (Lipinski definition) is 0. The van der Waals surface area contributed by atoms with E-state index in [0.717, 1.165) is 35.9 Å². The van der Waals surface area contributed by atoms with Gasteiger partial charge in [-0.25, -0.2) is 9.97 Å². The SMILES string of the molecule is CC(C)c1nc2oc3c(=O)n(Cc4ccccc4)cnc3c2c2c1CCCC2. The van der Waals surface area contributed by atoms with Gasteiger partial charge in [0, 0.05) is 0 Å². The van der Waals surface area contributed by atoms with E-state index >= 15 is 0 Å². The zero-order valence-electron chi connectivity index (χ0n) is 16.2. The van der Waals surface area contributed by atoms with Crippen molar-refractivity contribution in [3.05, 3.63) is 69.4 Å². The topological polar surface area (TPSA) is 60.9 Å². The average Bonchev–Trinajstić information content (AvgIpc) is 3.10. The molecule has 5 rings (SSSR count). The molecule has 3 heterocycles. The van der Waals surface area contributed by atoms with Crippen molar-refractivity contribution in [3.63, 3.8) is 0 Å². The standard InChI is InChI=1S/C23H23N3O2/c1-14(2)19-17-11-7-6-10-16(17)18-20-21(28-22(18)25-19)23(27)26(13-24-20)12-15-8-4-3-5-9-15/h3-5,8-9,13-14H,6-7,10-12H2,1-2H3. The zero-order valence-corrected chi connectivity index (χ0v) is 16.2. The Labute approximate surface area is 163 Å². The fourth-order valence-corrected chi connectivity index (χ4v) is 4.35. The molecule has 1 aliphatic carbocycles. The van der Waals surface area contributed by atoms with Crippen molar-refractivity contribution < 1.29 is 4.42 Å². The van der Waals surface area contributed by atoms with Crippen molar-refractivity contribution >= 4 is 22.2 Å². The molecule has 5 nitrogen and oxygen atoms in total. The number of hydrogen-bond acceptors (Lipinski definition) is 4. The molecule has 3 aromatic heterocycles. The normalized spacial score (nSPS) is 14.1. The van der Waals surface area contributed by atoms with Crippen LogP contribution in [0.2, 0.25) is 0 Å². The van der Waals surface area contributed by atoms with Crippen molar-refractivity contribution in [2.75, 3.05) is 0 Å². The predicted octanol–water partition coefficient (Wildman–Crippen LogP) is 4.59. The van der Waals surface area contributed by atoms with Gasteiger partial charge in [0.2, 0.25) is 11.3 Å². The highest BCUT2D eigenvalue weighted by Crippen LogP contribution is 2.36. The number of nitrogens with zero attached hydrogens (tertiary/aromatic N) is 3. The maximum Gasteiger partial charge on any atom is 0.297 e. The monoisotopic (exact) mass is 373 g/mol. The van der Waals surface area contributed by atoms with Crippen molar-refractivity contribution in [2.24, 2.45) is 0 Å². The summed E-state index contributed by atoms with van der Waals surface area (Å²) in [4.78, 5) is 22.6.